The Labute approximate surface area is 151 Å². The van der Waals surface area contributed by atoms with Crippen molar-refractivity contribution in [3.05, 3.63) is 35.9 Å². The first-order valence-corrected chi connectivity index (χ1v) is 8.60. The van der Waals surface area contributed by atoms with E-state index in [-0.39, 0.29) is 38.1 Å². The van der Waals surface area contributed by atoms with Crippen LogP contribution in [-0.2, 0) is 25.7 Å². The fourth-order valence-electron chi connectivity index (χ4n) is 3.30. The van der Waals surface area contributed by atoms with Gasteiger partial charge in [-0.3, -0.25) is 14.5 Å². The highest BCUT2D eigenvalue weighted by Gasteiger charge is 2.47. The number of aliphatic carboxylic acids is 1. The number of ether oxygens (including phenoxy) is 2. The van der Waals surface area contributed by atoms with Crippen molar-refractivity contribution in [3.63, 3.8) is 0 Å². The third-order valence-corrected chi connectivity index (χ3v) is 4.75. The minimum Gasteiger partial charge on any atom is -0.481 e. The van der Waals surface area contributed by atoms with Crippen LogP contribution in [0.5, 0.6) is 0 Å². The van der Waals surface area contributed by atoms with Crippen LogP contribution in [0.25, 0.3) is 0 Å². The van der Waals surface area contributed by atoms with Crippen LogP contribution in [0.1, 0.15) is 25.3 Å². The zero-order chi connectivity index (χ0) is 18.7. The van der Waals surface area contributed by atoms with E-state index in [0.29, 0.717) is 6.42 Å². The average molecular weight is 362 g/mol. The molecule has 8 heteroatoms. The second kappa shape index (κ2) is 7.74. The van der Waals surface area contributed by atoms with E-state index in [4.69, 9.17) is 14.6 Å². The number of amides is 2. The molecule has 3 unspecified atom stereocenters. The maximum Gasteiger partial charge on any atom is 0.410 e. The highest BCUT2D eigenvalue weighted by molar-refractivity contribution is 5.87. The molecule has 1 N–H and O–H groups in total. The Bertz CT molecular complexity index is 680. The normalized spacial score (nSPS) is 25.1. The van der Waals surface area contributed by atoms with Crippen LogP contribution in [0, 0.1) is 0 Å². The molecule has 8 nitrogen and oxygen atoms in total. The highest BCUT2D eigenvalue weighted by atomic mass is 16.6. The number of carboxylic acids is 1. The average Bonchev–Trinajstić information content (AvgIpc) is 3.05. The molecule has 2 aliphatic rings. The van der Waals surface area contributed by atoms with Gasteiger partial charge in [0.2, 0.25) is 5.91 Å². The lowest BCUT2D eigenvalue weighted by Gasteiger charge is -2.41. The first-order valence-electron chi connectivity index (χ1n) is 8.60. The van der Waals surface area contributed by atoms with Gasteiger partial charge in [-0.25, -0.2) is 4.79 Å². The summed E-state index contributed by atoms with van der Waals surface area (Å²) in [5, 5.41) is 8.84. The molecule has 0 spiro atoms. The Morgan fingerprint density at radius 2 is 2.04 bits per heavy atom. The molecule has 1 aromatic rings. The van der Waals surface area contributed by atoms with Gasteiger partial charge in [0.1, 0.15) is 12.6 Å². The van der Waals surface area contributed by atoms with E-state index in [0.717, 1.165) is 5.56 Å². The van der Waals surface area contributed by atoms with Gasteiger partial charge in [0, 0.05) is 6.42 Å². The molecule has 3 rings (SSSR count). The van der Waals surface area contributed by atoms with Crippen LogP contribution in [-0.4, -0.2) is 64.3 Å². The van der Waals surface area contributed by atoms with Crippen molar-refractivity contribution in [1.82, 2.24) is 9.80 Å². The Kier molecular flexibility index (Phi) is 5.41. The van der Waals surface area contributed by atoms with E-state index in [1.54, 1.807) is 11.8 Å². The lowest BCUT2D eigenvalue weighted by atomic mass is 10.1. The largest absolute Gasteiger partial charge is 0.481 e. The molecule has 2 fully saturated rings. The van der Waals surface area contributed by atoms with Crippen molar-refractivity contribution in [2.24, 2.45) is 0 Å². The summed E-state index contributed by atoms with van der Waals surface area (Å²) in [4.78, 5) is 38.8. The first-order chi connectivity index (χ1) is 12.5. The van der Waals surface area contributed by atoms with Crippen molar-refractivity contribution in [3.8, 4) is 0 Å². The third-order valence-electron chi connectivity index (χ3n) is 4.75. The zero-order valence-electron chi connectivity index (χ0n) is 14.5. The molecule has 0 aromatic heterocycles. The summed E-state index contributed by atoms with van der Waals surface area (Å²) in [7, 11) is 0. The van der Waals surface area contributed by atoms with E-state index in [1.165, 1.54) is 4.90 Å². The third kappa shape index (κ3) is 3.80. The summed E-state index contributed by atoms with van der Waals surface area (Å²) in [5.74, 6) is -1.15. The van der Waals surface area contributed by atoms with Crippen LogP contribution in [0.2, 0.25) is 0 Å². The van der Waals surface area contributed by atoms with Crippen molar-refractivity contribution < 1.29 is 29.0 Å². The minimum atomic E-state index is -0.905. The molecule has 0 saturated carbocycles. The maximum absolute atomic E-state index is 12.7. The molecule has 3 atom stereocenters. The number of rotatable bonds is 5. The second-order valence-electron chi connectivity index (χ2n) is 6.49. The summed E-state index contributed by atoms with van der Waals surface area (Å²) in [5.41, 5.74) is 0.865. The fraction of sp³-hybridized carbons (Fsp3) is 0.500. The number of nitrogens with zero attached hydrogens (tertiary/aromatic N) is 2. The van der Waals surface area contributed by atoms with Gasteiger partial charge < -0.3 is 19.5 Å². The summed E-state index contributed by atoms with van der Waals surface area (Å²) in [6.07, 6.45) is -0.807. The molecule has 26 heavy (non-hydrogen) atoms. The van der Waals surface area contributed by atoms with Crippen LogP contribution in [0.4, 0.5) is 4.79 Å². The lowest BCUT2D eigenvalue weighted by molar-refractivity contribution is -0.152. The van der Waals surface area contributed by atoms with Gasteiger partial charge in [-0.1, -0.05) is 30.3 Å². The Morgan fingerprint density at radius 3 is 2.73 bits per heavy atom. The molecule has 2 amide bonds. The topological polar surface area (TPSA) is 96.4 Å². The van der Waals surface area contributed by atoms with Crippen molar-refractivity contribution in [2.45, 2.75) is 44.7 Å². The van der Waals surface area contributed by atoms with E-state index in [2.05, 4.69) is 0 Å². The summed E-state index contributed by atoms with van der Waals surface area (Å²) in [6, 6.07) is 8.36. The molecular formula is C18H22N2O6. The smallest absolute Gasteiger partial charge is 0.410 e. The van der Waals surface area contributed by atoms with Crippen LogP contribution < -0.4 is 0 Å². The summed E-state index contributed by atoms with van der Waals surface area (Å²) >= 11 is 0. The molecule has 0 radical (unpaired) electrons. The molecule has 2 heterocycles. The standard InChI is InChI=1S/C18H22N2O6/c1-12-17(23)20-14(7-8-16(21)22)11-25-15(20)9-19(12)18(24)26-10-13-5-3-2-4-6-13/h2-6,12,14-15H,7-11H2,1H3,(H,21,22). The molecule has 1 aromatic carbocycles. The Morgan fingerprint density at radius 1 is 1.31 bits per heavy atom. The second-order valence-corrected chi connectivity index (χ2v) is 6.49. The lowest BCUT2D eigenvalue weighted by Crippen LogP contribution is -2.62. The van der Waals surface area contributed by atoms with E-state index >= 15 is 0 Å². The number of hydrogen-bond acceptors (Lipinski definition) is 5. The summed E-state index contributed by atoms with van der Waals surface area (Å²) < 4.78 is 11.0. The van der Waals surface area contributed by atoms with Gasteiger partial charge >= 0.3 is 12.1 Å². The summed E-state index contributed by atoms with van der Waals surface area (Å²) in [6.45, 7) is 2.27. The zero-order valence-corrected chi connectivity index (χ0v) is 14.5. The van der Waals surface area contributed by atoms with Crippen molar-refractivity contribution in [1.29, 1.82) is 0 Å². The molecule has 0 aliphatic carbocycles. The Hall–Kier alpha value is -2.61. The van der Waals surface area contributed by atoms with Gasteiger partial charge in [0.25, 0.3) is 0 Å². The van der Waals surface area contributed by atoms with E-state index in [1.807, 2.05) is 30.3 Å². The van der Waals surface area contributed by atoms with Crippen molar-refractivity contribution in [2.75, 3.05) is 13.2 Å². The fourth-order valence-corrected chi connectivity index (χ4v) is 3.30. The van der Waals surface area contributed by atoms with Crippen molar-refractivity contribution >= 4 is 18.0 Å². The molecular weight excluding hydrogens is 340 g/mol. The minimum absolute atomic E-state index is 0.0261. The SMILES string of the molecule is CC1C(=O)N2C(CCC(=O)O)COC2CN1C(=O)OCc1ccccc1. The number of fused-ring (bicyclic) bond motifs is 1. The van der Waals surface area contributed by atoms with Crippen LogP contribution >= 0.6 is 0 Å². The van der Waals surface area contributed by atoms with E-state index in [9.17, 15) is 14.4 Å². The molecule has 0 bridgehead atoms. The van der Waals surface area contributed by atoms with Gasteiger partial charge in [0.05, 0.1) is 19.2 Å². The molecule has 2 saturated heterocycles. The number of piperazine rings is 1. The number of carboxylic acid groups (broad SMARTS) is 1. The number of carbonyl (C=O) groups is 3. The Balaban J connectivity index is 1.61. The van der Waals surface area contributed by atoms with Gasteiger partial charge in [0.15, 0.2) is 6.23 Å². The maximum atomic E-state index is 12.7. The van der Waals surface area contributed by atoms with E-state index < -0.39 is 24.3 Å². The predicted octanol–water partition coefficient (Wildman–Crippen LogP) is 1.45. The number of hydrogen-bond donors (Lipinski definition) is 1. The first kappa shape index (κ1) is 18.2. The van der Waals surface area contributed by atoms with Crippen LogP contribution in [0.3, 0.4) is 0 Å². The molecule has 2 aliphatic heterocycles. The number of carbonyl (C=O) groups excluding carboxylic acids is 2. The van der Waals surface area contributed by atoms with Gasteiger partial charge in [-0.05, 0) is 18.9 Å². The van der Waals surface area contributed by atoms with Gasteiger partial charge in [-0.15, -0.1) is 0 Å². The predicted molar refractivity (Wildman–Crippen MR) is 90.0 cm³/mol. The van der Waals surface area contributed by atoms with Crippen LogP contribution in [0.15, 0.2) is 30.3 Å². The number of benzene rings is 1. The quantitative estimate of drug-likeness (QED) is 0.852. The monoisotopic (exact) mass is 362 g/mol. The van der Waals surface area contributed by atoms with Gasteiger partial charge in [-0.2, -0.15) is 0 Å². The molecule has 140 valence electrons. The highest BCUT2D eigenvalue weighted by Crippen LogP contribution is 2.28.